The van der Waals surface area contributed by atoms with Gasteiger partial charge in [0.25, 0.3) is 0 Å². The van der Waals surface area contributed by atoms with Gasteiger partial charge in [0, 0.05) is 6.20 Å². The summed E-state index contributed by atoms with van der Waals surface area (Å²) < 4.78 is 1.68. The van der Waals surface area contributed by atoms with Crippen molar-refractivity contribution >= 4 is 16.7 Å². The van der Waals surface area contributed by atoms with Crippen LogP contribution < -0.4 is 0 Å². The van der Waals surface area contributed by atoms with Crippen LogP contribution >= 0.6 is 0 Å². The van der Waals surface area contributed by atoms with Crippen LogP contribution in [0.2, 0.25) is 0 Å². The van der Waals surface area contributed by atoms with Crippen molar-refractivity contribution in [1.82, 2.24) is 14.6 Å². The second-order valence-electron chi connectivity index (χ2n) is 3.24. The van der Waals surface area contributed by atoms with Crippen LogP contribution in [0.4, 0.5) is 0 Å². The molecule has 2 heterocycles. The van der Waals surface area contributed by atoms with Gasteiger partial charge in [0.05, 0.1) is 0 Å². The largest absolute Gasteiger partial charge is 0.506 e. The molecule has 0 bridgehead atoms. The molecule has 74 valence electrons. The first-order valence-corrected chi connectivity index (χ1v) is 4.42. The van der Waals surface area contributed by atoms with E-state index >= 15 is 0 Å². The number of aromatic hydroxyl groups is 2. The number of phenolic OH excluding ortho intramolecular Hbond substituents is 2. The summed E-state index contributed by atoms with van der Waals surface area (Å²) in [5.41, 5.74) is 1.38. The van der Waals surface area contributed by atoms with E-state index in [2.05, 4.69) is 10.2 Å². The van der Waals surface area contributed by atoms with Crippen molar-refractivity contribution in [3.05, 3.63) is 30.5 Å². The van der Waals surface area contributed by atoms with Gasteiger partial charge < -0.3 is 10.2 Å². The predicted octanol–water partition coefficient (Wildman–Crippen LogP) is 1.29. The molecule has 15 heavy (non-hydrogen) atoms. The zero-order chi connectivity index (χ0) is 10.4. The van der Waals surface area contributed by atoms with Gasteiger partial charge >= 0.3 is 0 Å². The van der Waals surface area contributed by atoms with Crippen molar-refractivity contribution in [2.75, 3.05) is 0 Å². The number of hydrogen-bond acceptors (Lipinski definition) is 4. The molecule has 0 aliphatic carbocycles. The Morgan fingerprint density at radius 1 is 1.00 bits per heavy atom. The van der Waals surface area contributed by atoms with Crippen LogP contribution in [-0.4, -0.2) is 24.8 Å². The molecule has 0 saturated heterocycles. The van der Waals surface area contributed by atoms with Gasteiger partial charge in [0.15, 0.2) is 11.2 Å². The first kappa shape index (κ1) is 8.05. The van der Waals surface area contributed by atoms with Crippen LogP contribution in [0.1, 0.15) is 0 Å². The molecule has 2 N–H and O–H groups in total. The number of benzene rings is 1. The van der Waals surface area contributed by atoms with Crippen molar-refractivity contribution in [2.24, 2.45) is 0 Å². The summed E-state index contributed by atoms with van der Waals surface area (Å²) in [6, 6.07) is 6.39. The Labute approximate surface area is 84.2 Å². The lowest BCUT2D eigenvalue weighted by Gasteiger charge is -2.04. The van der Waals surface area contributed by atoms with Crippen LogP contribution in [0.5, 0.6) is 11.5 Å². The first-order valence-electron chi connectivity index (χ1n) is 4.42. The number of fused-ring (bicyclic) bond motifs is 3. The number of hydrogen-bond donors (Lipinski definition) is 2. The molecule has 0 fully saturated rings. The van der Waals surface area contributed by atoms with Crippen LogP contribution in [0.3, 0.4) is 0 Å². The molecule has 0 amide bonds. The van der Waals surface area contributed by atoms with Crippen molar-refractivity contribution in [3.8, 4) is 11.5 Å². The Balaban J connectivity index is 2.67. The minimum Gasteiger partial charge on any atom is -0.506 e. The normalized spacial score (nSPS) is 11.2. The monoisotopic (exact) mass is 201 g/mol. The Bertz CT molecular complexity index is 660. The second kappa shape index (κ2) is 2.60. The maximum absolute atomic E-state index is 9.71. The molecule has 0 spiro atoms. The van der Waals surface area contributed by atoms with Gasteiger partial charge in [-0.15, -0.1) is 10.2 Å². The first-order chi connectivity index (χ1) is 7.27. The molecular formula is C10H7N3O2. The third kappa shape index (κ3) is 0.969. The summed E-state index contributed by atoms with van der Waals surface area (Å²) >= 11 is 0. The van der Waals surface area contributed by atoms with Gasteiger partial charge in [-0.25, -0.2) is 0 Å². The van der Waals surface area contributed by atoms with Gasteiger partial charge in [-0.3, -0.25) is 4.40 Å². The van der Waals surface area contributed by atoms with Crippen LogP contribution in [0.15, 0.2) is 30.5 Å². The molecule has 1 aromatic carbocycles. The van der Waals surface area contributed by atoms with Gasteiger partial charge in [-0.1, -0.05) is 0 Å². The Morgan fingerprint density at radius 3 is 2.67 bits per heavy atom. The third-order valence-electron chi connectivity index (χ3n) is 2.33. The van der Waals surface area contributed by atoms with E-state index in [9.17, 15) is 10.2 Å². The molecule has 3 rings (SSSR count). The molecule has 0 atom stereocenters. The van der Waals surface area contributed by atoms with Crippen molar-refractivity contribution in [2.45, 2.75) is 0 Å². The molecule has 0 aliphatic rings. The molecule has 2 aromatic heterocycles. The lowest BCUT2D eigenvalue weighted by Crippen LogP contribution is -1.93. The lowest BCUT2D eigenvalue weighted by molar-refractivity contribution is 0.466. The lowest BCUT2D eigenvalue weighted by atomic mass is 10.2. The molecule has 0 radical (unpaired) electrons. The minimum atomic E-state index is 0.00546. The maximum Gasteiger partial charge on any atom is 0.159 e. The summed E-state index contributed by atoms with van der Waals surface area (Å²) in [6.45, 7) is 0. The highest BCUT2D eigenvalue weighted by atomic mass is 16.3. The van der Waals surface area contributed by atoms with Crippen LogP contribution in [0, 0.1) is 0 Å². The van der Waals surface area contributed by atoms with E-state index in [1.54, 1.807) is 22.7 Å². The highest BCUT2D eigenvalue weighted by Crippen LogP contribution is 2.29. The van der Waals surface area contributed by atoms with Crippen molar-refractivity contribution in [3.63, 3.8) is 0 Å². The SMILES string of the molecule is Oc1ccc(O)c2c1nnc1cccn12. The van der Waals surface area contributed by atoms with Crippen LogP contribution in [0.25, 0.3) is 16.7 Å². The highest BCUT2D eigenvalue weighted by molar-refractivity contribution is 5.87. The van der Waals surface area contributed by atoms with E-state index in [-0.39, 0.29) is 11.5 Å². The summed E-state index contributed by atoms with van der Waals surface area (Å²) in [5, 5.41) is 27.1. The van der Waals surface area contributed by atoms with E-state index in [4.69, 9.17) is 0 Å². The van der Waals surface area contributed by atoms with E-state index < -0.39 is 0 Å². The summed E-state index contributed by atoms with van der Waals surface area (Å²) in [4.78, 5) is 0. The number of aromatic nitrogens is 3. The maximum atomic E-state index is 9.71. The number of phenols is 2. The highest BCUT2D eigenvalue weighted by Gasteiger charge is 2.10. The quantitative estimate of drug-likeness (QED) is 0.538. The zero-order valence-corrected chi connectivity index (χ0v) is 7.62. The number of rotatable bonds is 0. The molecule has 5 heteroatoms. The van der Waals surface area contributed by atoms with Crippen LogP contribution in [-0.2, 0) is 0 Å². The van der Waals surface area contributed by atoms with Gasteiger partial charge in [-0.05, 0) is 24.3 Å². The molecule has 5 nitrogen and oxygen atoms in total. The van der Waals surface area contributed by atoms with Gasteiger partial charge in [0.2, 0.25) is 0 Å². The third-order valence-corrected chi connectivity index (χ3v) is 2.33. The summed E-state index contributed by atoms with van der Waals surface area (Å²) in [5.74, 6) is 0.0739. The Morgan fingerprint density at radius 2 is 1.80 bits per heavy atom. The van der Waals surface area contributed by atoms with Gasteiger partial charge in [-0.2, -0.15) is 0 Å². The average Bonchev–Trinajstić information content (AvgIpc) is 2.70. The topological polar surface area (TPSA) is 70.7 Å². The molecule has 3 aromatic rings. The standard InChI is InChI=1S/C10H7N3O2/c14-6-3-4-7(15)10-9(6)12-11-8-2-1-5-13(8)10/h1-5,14-15H. The summed E-state index contributed by atoms with van der Waals surface area (Å²) in [6.07, 6.45) is 1.76. The molecule has 0 aliphatic heterocycles. The van der Waals surface area contributed by atoms with E-state index in [1.807, 2.05) is 0 Å². The fraction of sp³-hybridized carbons (Fsp3) is 0. The van der Waals surface area contributed by atoms with Gasteiger partial charge in [0.1, 0.15) is 17.0 Å². The second-order valence-corrected chi connectivity index (χ2v) is 3.24. The molecule has 0 unspecified atom stereocenters. The van der Waals surface area contributed by atoms with Crippen molar-refractivity contribution < 1.29 is 10.2 Å². The number of nitrogens with zero attached hydrogens (tertiary/aromatic N) is 3. The van der Waals surface area contributed by atoms with E-state index in [0.29, 0.717) is 16.7 Å². The minimum absolute atomic E-state index is 0.00546. The summed E-state index contributed by atoms with van der Waals surface area (Å²) in [7, 11) is 0. The van der Waals surface area contributed by atoms with E-state index in [0.717, 1.165) is 0 Å². The Hall–Kier alpha value is -2.30. The zero-order valence-electron chi connectivity index (χ0n) is 7.62. The fourth-order valence-corrected chi connectivity index (χ4v) is 1.64. The predicted molar refractivity (Wildman–Crippen MR) is 53.8 cm³/mol. The molecule has 0 saturated carbocycles. The van der Waals surface area contributed by atoms with E-state index in [1.165, 1.54) is 12.1 Å². The fourth-order valence-electron chi connectivity index (χ4n) is 1.64. The molecular weight excluding hydrogens is 194 g/mol. The average molecular weight is 201 g/mol. The van der Waals surface area contributed by atoms with Crippen molar-refractivity contribution in [1.29, 1.82) is 0 Å². The Kier molecular flexibility index (Phi) is 1.39. The smallest absolute Gasteiger partial charge is 0.159 e.